The molecule has 0 amide bonds. The number of hydrogen-bond donors (Lipinski definition) is 2. The zero-order chi connectivity index (χ0) is 12.5. The predicted molar refractivity (Wildman–Crippen MR) is 69.7 cm³/mol. The van der Waals surface area contributed by atoms with Crippen LogP contribution in [0.2, 0.25) is 0 Å². The van der Waals surface area contributed by atoms with Crippen molar-refractivity contribution in [2.45, 2.75) is 46.2 Å². The molecule has 0 saturated carbocycles. The van der Waals surface area contributed by atoms with E-state index in [2.05, 4.69) is 34.9 Å². The van der Waals surface area contributed by atoms with Gasteiger partial charge in [-0.2, -0.15) is 0 Å². The van der Waals surface area contributed by atoms with Crippen molar-refractivity contribution in [2.75, 3.05) is 13.2 Å². The highest BCUT2D eigenvalue weighted by molar-refractivity contribution is 4.96. The van der Waals surface area contributed by atoms with Crippen molar-refractivity contribution < 1.29 is 5.11 Å². The van der Waals surface area contributed by atoms with Gasteiger partial charge in [-0.15, -0.1) is 0 Å². The minimum Gasteiger partial charge on any atom is -0.396 e. The van der Waals surface area contributed by atoms with Crippen LogP contribution in [-0.2, 0) is 13.1 Å². The van der Waals surface area contributed by atoms with E-state index < -0.39 is 0 Å². The van der Waals surface area contributed by atoms with Gasteiger partial charge in [-0.3, -0.25) is 0 Å². The van der Waals surface area contributed by atoms with Crippen molar-refractivity contribution >= 4 is 0 Å². The number of rotatable bonds is 9. The average molecular weight is 239 g/mol. The molecule has 0 spiro atoms. The Labute approximate surface area is 104 Å². The molecule has 0 unspecified atom stereocenters. The number of aryl methyl sites for hydroxylation is 1. The first-order chi connectivity index (χ1) is 8.22. The Morgan fingerprint density at radius 3 is 2.88 bits per heavy atom. The Morgan fingerprint density at radius 1 is 1.35 bits per heavy atom. The first kappa shape index (κ1) is 14.2. The maximum atomic E-state index is 8.68. The molecule has 4 heteroatoms. The minimum absolute atomic E-state index is 0.300. The van der Waals surface area contributed by atoms with Crippen LogP contribution in [0.5, 0.6) is 0 Å². The predicted octanol–water partition coefficient (Wildman–Crippen LogP) is 1.79. The van der Waals surface area contributed by atoms with Gasteiger partial charge in [0, 0.05) is 25.9 Å². The van der Waals surface area contributed by atoms with E-state index >= 15 is 0 Å². The fraction of sp³-hybridized carbons (Fsp3) is 0.769. The number of hydrogen-bond acceptors (Lipinski definition) is 3. The molecule has 0 aliphatic rings. The molecular weight excluding hydrogens is 214 g/mol. The average Bonchev–Trinajstić information content (AvgIpc) is 2.72. The lowest BCUT2D eigenvalue weighted by Gasteiger charge is -2.05. The van der Waals surface area contributed by atoms with Crippen LogP contribution >= 0.6 is 0 Å². The molecule has 0 atom stereocenters. The number of nitrogens with zero attached hydrogens (tertiary/aromatic N) is 2. The van der Waals surface area contributed by atoms with Crippen molar-refractivity contribution in [1.82, 2.24) is 14.9 Å². The molecule has 1 aromatic rings. The third-order valence-electron chi connectivity index (χ3n) is 2.62. The first-order valence-corrected chi connectivity index (χ1v) is 6.54. The Hall–Kier alpha value is -0.870. The third-order valence-corrected chi connectivity index (χ3v) is 2.62. The molecule has 1 heterocycles. The van der Waals surface area contributed by atoms with Crippen LogP contribution in [0.1, 0.15) is 38.8 Å². The quantitative estimate of drug-likeness (QED) is 0.646. The molecule has 0 aliphatic carbocycles. The summed E-state index contributed by atoms with van der Waals surface area (Å²) in [7, 11) is 0. The number of aromatic nitrogens is 2. The second kappa shape index (κ2) is 8.25. The summed E-state index contributed by atoms with van der Waals surface area (Å²) in [6.07, 6.45) is 7.08. The topological polar surface area (TPSA) is 50.1 Å². The lowest BCUT2D eigenvalue weighted by atomic mass is 10.2. The zero-order valence-corrected chi connectivity index (χ0v) is 11.0. The molecule has 1 rings (SSSR count). The van der Waals surface area contributed by atoms with Crippen molar-refractivity contribution in [3.05, 3.63) is 18.2 Å². The molecular formula is C13H25N3O. The van der Waals surface area contributed by atoms with E-state index in [9.17, 15) is 0 Å². The summed E-state index contributed by atoms with van der Waals surface area (Å²) in [5.41, 5.74) is 1.10. The van der Waals surface area contributed by atoms with Gasteiger partial charge in [0.05, 0.1) is 12.0 Å². The highest BCUT2D eigenvalue weighted by atomic mass is 16.2. The Morgan fingerprint density at radius 2 is 2.18 bits per heavy atom. The summed E-state index contributed by atoms with van der Waals surface area (Å²) >= 11 is 0. The Bertz CT molecular complexity index is 297. The fourth-order valence-electron chi connectivity index (χ4n) is 1.69. The number of unbranched alkanes of at least 4 members (excludes halogenated alkanes) is 2. The SMILES string of the molecule is CC(C)CNCc1cn(CCCCCO)cn1. The van der Waals surface area contributed by atoms with Crippen LogP contribution in [0.4, 0.5) is 0 Å². The van der Waals surface area contributed by atoms with E-state index in [4.69, 9.17) is 5.11 Å². The van der Waals surface area contributed by atoms with Gasteiger partial charge in [0.2, 0.25) is 0 Å². The van der Waals surface area contributed by atoms with Gasteiger partial charge in [-0.25, -0.2) is 4.98 Å². The van der Waals surface area contributed by atoms with Crippen LogP contribution in [0.3, 0.4) is 0 Å². The van der Waals surface area contributed by atoms with E-state index in [0.717, 1.165) is 44.6 Å². The Balaban J connectivity index is 2.18. The molecule has 4 nitrogen and oxygen atoms in total. The monoisotopic (exact) mass is 239 g/mol. The molecule has 0 saturated heterocycles. The van der Waals surface area contributed by atoms with Gasteiger partial charge in [0.15, 0.2) is 0 Å². The van der Waals surface area contributed by atoms with Crippen molar-refractivity contribution in [2.24, 2.45) is 5.92 Å². The second-order valence-electron chi connectivity index (χ2n) is 4.91. The highest BCUT2D eigenvalue weighted by Crippen LogP contribution is 2.01. The van der Waals surface area contributed by atoms with E-state index in [1.165, 1.54) is 0 Å². The smallest absolute Gasteiger partial charge is 0.0949 e. The summed E-state index contributed by atoms with van der Waals surface area (Å²) in [5, 5.41) is 12.1. The molecule has 0 radical (unpaired) electrons. The zero-order valence-electron chi connectivity index (χ0n) is 11.0. The molecule has 17 heavy (non-hydrogen) atoms. The van der Waals surface area contributed by atoms with Gasteiger partial charge in [0.25, 0.3) is 0 Å². The second-order valence-corrected chi connectivity index (χ2v) is 4.91. The normalized spacial score (nSPS) is 11.3. The van der Waals surface area contributed by atoms with E-state index in [0.29, 0.717) is 12.5 Å². The molecule has 98 valence electrons. The lowest BCUT2D eigenvalue weighted by molar-refractivity contribution is 0.282. The van der Waals surface area contributed by atoms with Crippen LogP contribution in [-0.4, -0.2) is 27.8 Å². The van der Waals surface area contributed by atoms with Crippen LogP contribution < -0.4 is 5.32 Å². The molecule has 1 aromatic heterocycles. The van der Waals surface area contributed by atoms with Crippen molar-refractivity contribution in [1.29, 1.82) is 0 Å². The van der Waals surface area contributed by atoms with Crippen LogP contribution in [0.15, 0.2) is 12.5 Å². The number of imidazole rings is 1. The summed E-state index contributed by atoms with van der Waals surface area (Å²) in [5.74, 6) is 0.676. The number of nitrogens with one attached hydrogen (secondary N) is 1. The molecule has 2 N–H and O–H groups in total. The third kappa shape index (κ3) is 6.44. The molecule has 0 bridgehead atoms. The standard InChI is InChI=1S/C13H25N3O/c1-12(2)8-14-9-13-10-16(11-15-13)6-4-3-5-7-17/h10-12,14,17H,3-9H2,1-2H3. The van der Waals surface area contributed by atoms with Crippen molar-refractivity contribution in [3.63, 3.8) is 0 Å². The van der Waals surface area contributed by atoms with Gasteiger partial charge < -0.3 is 15.0 Å². The fourth-order valence-corrected chi connectivity index (χ4v) is 1.69. The highest BCUT2D eigenvalue weighted by Gasteiger charge is 1.99. The van der Waals surface area contributed by atoms with Gasteiger partial charge in [0.1, 0.15) is 0 Å². The maximum Gasteiger partial charge on any atom is 0.0949 e. The minimum atomic E-state index is 0.300. The number of aliphatic hydroxyl groups excluding tert-OH is 1. The summed E-state index contributed by atoms with van der Waals surface area (Å²) in [6.45, 7) is 7.58. The summed E-state index contributed by atoms with van der Waals surface area (Å²) in [6, 6.07) is 0. The van der Waals surface area contributed by atoms with Gasteiger partial charge in [-0.05, 0) is 31.7 Å². The Kier molecular flexibility index (Phi) is 6.89. The molecule has 0 aliphatic heterocycles. The van der Waals surface area contributed by atoms with E-state index in [1.807, 2.05) is 6.33 Å². The molecule has 0 fully saturated rings. The summed E-state index contributed by atoms with van der Waals surface area (Å²) < 4.78 is 2.13. The maximum absolute atomic E-state index is 8.68. The lowest BCUT2D eigenvalue weighted by Crippen LogP contribution is -2.19. The van der Waals surface area contributed by atoms with Crippen LogP contribution in [0, 0.1) is 5.92 Å². The molecule has 0 aromatic carbocycles. The summed E-state index contributed by atoms with van der Waals surface area (Å²) in [4.78, 5) is 4.36. The van der Waals surface area contributed by atoms with Gasteiger partial charge in [-0.1, -0.05) is 13.8 Å². The van der Waals surface area contributed by atoms with Crippen molar-refractivity contribution in [3.8, 4) is 0 Å². The van der Waals surface area contributed by atoms with E-state index in [-0.39, 0.29) is 0 Å². The number of aliphatic hydroxyl groups is 1. The first-order valence-electron chi connectivity index (χ1n) is 6.54. The van der Waals surface area contributed by atoms with Crippen LogP contribution in [0.25, 0.3) is 0 Å². The van der Waals surface area contributed by atoms with E-state index in [1.54, 1.807) is 0 Å². The van der Waals surface area contributed by atoms with Gasteiger partial charge >= 0.3 is 0 Å². The largest absolute Gasteiger partial charge is 0.396 e.